The molecule has 1 N–H and O–H groups in total. The Hall–Kier alpha value is -1.58. The Morgan fingerprint density at radius 3 is 2.87 bits per heavy atom. The molecular weight excluding hydrogens is 190 g/mol. The molecule has 0 aliphatic heterocycles. The van der Waals surface area contributed by atoms with Gasteiger partial charge in [0.05, 0.1) is 0 Å². The van der Waals surface area contributed by atoms with Crippen molar-refractivity contribution in [3.05, 3.63) is 23.9 Å². The SMILES string of the molecule is CCCNC(=O)c1ccnc(N(C)C)c1. The molecule has 0 bridgehead atoms. The van der Waals surface area contributed by atoms with E-state index in [0.29, 0.717) is 12.1 Å². The molecule has 1 aromatic rings. The number of carbonyl (C=O) groups is 1. The number of aromatic nitrogens is 1. The van der Waals surface area contributed by atoms with Crippen LogP contribution in [0.3, 0.4) is 0 Å². The van der Waals surface area contributed by atoms with Gasteiger partial charge >= 0.3 is 0 Å². The zero-order valence-electron chi connectivity index (χ0n) is 9.45. The molecular formula is C11H17N3O. The van der Waals surface area contributed by atoms with Crippen molar-refractivity contribution in [2.75, 3.05) is 25.5 Å². The molecule has 0 radical (unpaired) electrons. The molecule has 0 spiro atoms. The lowest BCUT2D eigenvalue weighted by atomic mass is 10.2. The number of nitrogens with one attached hydrogen (secondary N) is 1. The predicted molar refractivity (Wildman–Crippen MR) is 61.2 cm³/mol. The van der Waals surface area contributed by atoms with Crippen molar-refractivity contribution in [1.82, 2.24) is 10.3 Å². The Balaban J connectivity index is 2.76. The summed E-state index contributed by atoms with van der Waals surface area (Å²) in [7, 11) is 3.80. The fourth-order valence-corrected chi connectivity index (χ4v) is 1.14. The van der Waals surface area contributed by atoms with Gasteiger partial charge in [-0.05, 0) is 18.6 Å². The van der Waals surface area contributed by atoms with Gasteiger partial charge in [0.1, 0.15) is 5.82 Å². The van der Waals surface area contributed by atoms with E-state index in [1.54, 1.807) is 18.3 Å². The van der Waals surface area contributed by atoms with Gasteiger partial charge in [-0.1, -0.05) is 6.92 Å². The highest BCUT2D eigenvalue weighted by Gasteiger charge is 2.06. The van der Waals surface area contributed by atoms with Gasteiger partial charge < -0.3 is 10.2 Å². The van der Waals surface area contributed by atoms with E-state index in [4.69, 9.17) is 0 Å². The smallest absolute Gasteiger partial charge is 0.251 e. The van der Waals surface area contributed by atoms with Crippen molar-refractivity contribution in [2.24, 2.45) is 0 Å². The first-order valence-corrected chi connectivity index (χ1v) is 5.06. The fourth-order valence-electron chi connectivity index (χ4n) is 1.14. The maximum Gasteiger partial charge on any atom is 0.251 e. The molecule has 1 aromatic heterocycles. The largest absolute Gasteiger partial charge is 0.363 e. The molecule has 0 aliphatic carbocycles. The Labute approximate surface area is 90.3 Å². The fraction of sp³-hybridized carbons (Fsp3) is 0.455. The second kappa shape index (κ2) is 5.34. The van der Waals surface area contributed by atoms with Crippen LogP contribution in [0.5, 0.6) is 0 Å². The minimum Gasteiger partial charge on any atom is -0.363 e. The summed E-state index contributed by atoms with van der Waals surface area (Å²) in [5.74, 6) is 0.751. The molecule has 4 heteroatoms. The van der Waals surface area contributed by atoms with Crippen LogP contribution in [0.15, 0.2) is 18.3 Å². The zero-order valence-corrected chi connectivity index (χ0v) is 9.45. The average Bonchev–Trinajstić information content (AvgIpc) is 2.26. The molecule has 0 unspecified atom stereocenters. The summed E-state index contributed by atoms with van der Waals surface area (Å²) in [6, 6.07) is 3.50. The van der Waals surface area contributed by atoms with Crippen molar-refractivity contribution in [3.8, 4) is 0 Å². The van der Waals surface area contributed by atoms with Gasteiger partial charge in [-0.2, -0.15) is 0 Å². The lowest BCUT2D eigenvalue weighted by molar-refractivity contribution is 0.0953. The summed E-state index contributed by atoms with van der Waals surface area (Å²) in [5, 5.41) is 2.83. The summed E-state index contributed by atoms with van der Waals surface area (Å²) < 4.78 is 0. The molecule has 0 fully saturated rings. The number of nitrogens with zero attached hydrogens (tertiary/aromatic N) is 2. The van der Waals surface area contributed by atoms with Gasteiger partial charge in [0.15, 0.2) is 0 Å². The van der Waals surface area contributed by atoms with Crippen LogP contribution in [0, 0.1) is 0 Å². The number of hydrogen-bond acceptors (Lipinski definition) is 3. The summed E-state index contributed by atoms with van der Waals surface area (Å²) in [4.78, 5) is 17.6. The van der Waals surface area contributed by atoms with Crippen LogP contribution < -0.4 is 10.2 Å². The second-order valence-corrected chi connectivity index (χ2v) is 3.55. The molecule has 0 saturated heterocycles. The third-order valence-electron chi connectivity index (χ3n) is 2.00. The number of anilines is 1. The highest BCUT2D eigenvalue weighted by molar-refractivity contribution is 5.94. The normalized spacial score (nSPS) is 9.80. The molecule has 0 aromatic carbocycles. The number of hydrogen-bond donors (Lipinski definition) is 1. The topological polar surface area (TPSA) is 45.2 Å². The van der Waals surface area contributed by atoms with Crippen molar-refractivity contribution in [3.63, 3.8) is 0 Å². The minimum absolute atomic E-state index is 0.0395. The Morgan fingerprint density at radius 2 is 2.27 bits per heavy atom. The van der Waals surface area contributed by atoms with Crippen molar-refractivity contribution in [1.29, 1.82) is 0 Å². The highest BCUT2D eigenvalue weighted by atomic mass is 16.1. The third kappa shape index (κ3) is 3.23. The maximum absolute atomic E-state index is 11.6. The van der Waals surface area contributed by atoms with Crippen LogP contribution in [-0.2, 0) is 0 Å². The van der Waals surface area contributed by atoms with E-state index in [0.717, 1.165) is 12.2 Å². The van der Waals surface area contributed by atoms with Crippen LogP contribution in [0.25, 0.3) is 0 Å². The number of pyridine rings is 1. The van der Waals surface area contributed by atoms with Crippen LogP contribution >= 0.6 is 0 Å². The standard InChI is InChI=1S/C11H17N3O/c1-4-6-13-11(15)9-5-7-12-10(8-9)14(2)3/h5,7-8H,4,6H2,1-3H3,(H,13,15). The lowest BCUT2D eigenvalue weighted by Crippen LogP contribution is -2.24. The van der Waals surface area contributed by atoms with Gasteiger partial charge in [-0.15, -0.1) is 0 Å². The van der Waals surface area contributed by atoms with Crippen LogP contribution in [0.4, 0.5) is 5.82 Å². The average molecular weight is 207 g/mol. The number of carbonyl (C=O) groups excluding carboxylic acids is 1. The van der Waals surface area contributed by atoms with E-state index in [9.17, 15) is 4.79 Å². The molecule has 4 nitrogen and oxygen atoms in total. The quantitative estimate of drug-likeness (QED) is 0.809. The number of rotatable bonds is 4. The van der Waals surface area contributed by atoms with Gasteiger partial charge in [0.25, 0.3) is 5.91 Å². The first-order chi connectivity index (χ1) is 7.15. The van der Waals surface area contributed by atoms with Gasteiger partial charge in [-0.25, -0.2) is 4.98 Å². The number of amides is 1. The molecule has 15 heavy (non-hydrogen) atoms. The van der Waals surface area contributed by atoms with Crippen molar-refractivity contribution < 1.29 is 4.79 Å². The first-order valence-electron chi connectivity index (χ1n) is 5.06. The minimum atomic E-state index is -0.0395. The monoisotopic (exact) mass is 207 g/mol. The Kier molecular flexibility index (Phi) is 4.09. The first kappa shape index (κ1) is 11.5. The maximum atomic E-state index is 11.6. The Morgan fingerprint density at radius 1 is 1.53 bits per heavy atom. The molecule has 0 saturated carbocycles. The van der Waals surface area contributed by atoms with Crippen molar-refractivity contribution in [2.45, 2.75) is 13.3 Å². The van der Waals surface area contributed by atoms with Crippen molar-refractivity contribution >= 4 is 11.7 Å². The zero-order chi connectivity index (χ0) is 11.3. The van der Waals surface area contributed by atoms with E-state index >= 15 is 0 Å². The van der Waals surface area contributed by atoms with Crippen LogP contribution in [0.2, 0.25) is 0 Å². The molecule has 1 amide bonds. The summed E-state index contributed by atoms with van der Waals surface area (Å²) in [6.07, 6.45) is 2.59. The predicted octanol–water partition coefficient (Wildman–Crippen LogP) is 1.29. The van der Waals surface area contributed by atoms with E-state index < -0.39 is 0 Å². The Bertz CT molecular complexity index is 336. The second-order valence-electron chi connectivity index (χ2n) is 3.55. The summed E-state index contributed by atoms with van der Waals surface area (Å²) in [5.41, 5.74) is 0.655. The molecule has 0 aliphatic rings. The van der Waals surface area contributed by atoms with E-state index in [2.05, 4.69) is 10.3 Å². The van der Waals surface area contributed by atoms with E-state index in [-0.39, 0.29) is 5.91 Å². The summed E-state index contributed by atoms with van der Waals surface area (Å²) >= 11 is 0. The van der Waals surface area contributed by atoms with E-state index in [1.807, 2.05) is 25.9 Å². The van der Waals surface area contributed by atoms with Crippen LogP contribution in [-0.4, -0.2) is 31.5 Å². The molecule has 1 heterocycles. The molecule has 82 valence electrons. The highest BCUT2D eigenvalue weighted by Crippen LogP contribution is 2.09. The van der Waals surface area contributed by atoms with Gasteiger partial charge in [-0.3, -0.25) is 4.79 Å². The van der Waals surface area contributed by atoms with Crippen LogP contribution in [0.1, 0.15) is 23.7 Å². The van der Waals surface area contributed by atoms with Gasteiger partial charge in [0, 0.05) is 32.4 Å². The molecule has 0 atom stereocenters. The summed E-state index contributed by atoms with van der Waals surface area (Å²) in [6.45, 7) is 2.73. The van der Waals surface area contributed by atoms with E-state index in [1.165, 1.54) is 0 Å². The lowest BCUT2D eigenvalue weighted by Gasteiger charge is -2.11. The third-order valence-corrected chi connectivity index (χ3v) is 2.00. The molecule has 1 rings (SSSR count). The van der Waals surface area contributed by atoms with Gasteiger partial charge in [0.2, 0.25) is 0 Å².